The van der Waals surface area contributed by atoms with E-state index < -0.39 is 12.0 Å². The predicted octanol–water partition coefficient (Wildman–Crippen LogP) is 1.35. The lowest BCUT2D eigenvalue weighted by atomic mass is 10.1. The number of likely N-dealkylation sites (tertiary alicyclic amines) is 1. The van der Waals surface area contributed by atoms with E-state index >= 15 is 0 Å². The molecular weight excluding hydrogens is 194 g/mol. The number of rotatable bonds is 5. The van der Waals surface area contributed by atoms with Gasteiger partial charge in [0.25, 0.3) is 0 Å². The van der Waals surface area contributed by atoms with E-state index in [0.29, 0.717) is 12.1 Å². The van der Waals surface area contributed by atoms with E-state index in [1.54, 1.807) is 7.11 Å². The van der Waals surface area contributed by atoms with Gasteiger partial charge in [-0.2, -0.15) is 0 Å². The van der Waals surface area contributed by atoms with Crippen molar-refractivity contribution in [3.63, 3.8) is 0 Å². The number of aliphatic carboxylic acids is 1. The average molecular weight is 215 g/mol. The van der Waals surface area contributed by atoms with Crippen LogP contribution in [0.5, 0.6) is 0 Å². The maximum atomic E-state index is 11.2. The van der Waals surface area contributed by atoms with Gasteiger partial charge in [0.1, 0.15) is 6.04 Å². The van der Waals surface area contributed by atoms with Crippen LogP contribution in [0.2, 0.25) is 0 Å². The van der Waals surface area contributed by atoms with Crippen molar-refractivity contribution >= 4 is 5.97 Å². The molecule has 1 rings (SSSR count). The summed E-state index contributed by atoms with van der Waals surface area (Å²) in [4.78, 5) is 13.3. The van der Waals surface area contributed by atoms with Crippen molar-refractivity contribution in [2.24, 2.45) is 0 Å². The van der Waals surface area contributed by atoms with Crippen molar-refractivity contribution in [2.45, 2.75) is 51.2 Å². The molecule has 1 aliphatic rings. The number of nitrogens with zero attached hydrogens (tertiary/aromatic N) is 1. The monoisotopic (exact) mass is 215 g/mol. The first-order chi connectivity index (χ1) is 7.11. The van der Waals surface area contributed by atoms with Gasteiger partial charge in [-0.1, -0.05) is 6.92 Å². The highest BCUT2D eigenvalue weighted by Crippen LogP contribution is 2.28. The van der Waals surface area contributed by atoms with Crippen molar-refractivity contribution in [2.75, 3.05) is 13.7 Å². The van der Waals surface area contributed by atoms with E-state index in [1.165, 1.54) is 0 Å². The van der Waals surface area contributed by atoms with Crippen LogP contribution in [-0.2, 0) is 9.53 Å². The fourth-order valence-corrected chi connectivity index (χ4v) is 2.51. The molecule has 1 saturated heterocycles. The third kappa shape index (κ3) is 2.69. The van der Waals surface area contributed by atoms with E-state index in [0.717, 1.165) is 19.3 Å². The summed E-state index contributed by atoms with van der Waals surface area (Å²) in [6.45, 7) is 4.48. The second kappa shape index (κ2) is 5.47. The standard InChI is InChI=1S/C11H21NO3/c1-4-9-6-5-8(2)12(9)10(7-15-3)11(13)14/h8-10H,4-7H2,1-3H3,(H,13,14). The molecule has 1 heterocycles. The Kier molecular flexibility index (Phi) is 4.54. The van der Waals surface area contributed by atoms with E-state index in [1.807, 2.05) is 0 Å². The second-order valence-electron chi connectivity index (χ2n) is 4.25. The Morgan fingerprint density at radius 3 is 2.73 bits per heavy atom. The van der Waals surface area contributed by atoms with Crippen LogP contribution < -0.4 is 0 Å². The maximum absolute atomic E-state index is 11.2. The molecular formula is C11H21NO3. The molecule has 1 fully saturated rings. The summed E-state index contributed by atoms with van der Waals surface area (Å²) < 4.78 is 5.00. The van der Waals surface area contributed by atoms with Gasteiger partial charge in [-0.15, -0.1) is 0 Å². The van der Waals surface area contributed by atoms with E-state index in [9.17, 15) is 9.90 Å². The van der Waals surface area contributed by atoms with Crippen LogP contribution in [0.1, 0.15) is 33.1 Å². The van der Waals surface area contributed by atoms with Crippen molar-refractivity contribution in [3.05, 3.63) is 0 Å². The molecule has 3 unspecified atom stereocenters. The van der Waals surface area contributed by atoms with Gasteiger partial charge >= 0.3 is 5.97 Å². The Morgan fingerprint density at radius 1 is 1.60 bits per heavy atom. The Labute approximate surface area is 91.2 Å². The number of ether oxygens (including phenoxy) is 1. The number of methoxy groups -OCH3 is 1. The van der Waals surface area contributed by atoms with Crippen molar-refractivity contribution in [1.29, 1.82) is 0 Å². The summed E-state index contributed by atoms with van der Waals surface area (Å²) in [7, 11) is 1.55. The fraction of sp³-hybridized carbons (Fsp3) is 0.909. The molecule has 4 heteroatoms. The summed E-state index contributed by atoms with van der Waals surface area (Å²) in [5.74, 6) is -0.774. The molecule has 4 nitrogen and oxygen atoms in total. The van der Waals surface area contributed by atoms with Crippen LogP contribution in [0.15, 0.2) is 0 Å². The zero-order chi connectivity index (χ0) is 11.4. The summed E-state index contributed by atoms with van der Waals surface area (Å²) in [5.41, 5.74) is 0. The lowest BCUT2D eigenvalue weighted by molar-refractivity contribution is -0.146. The minimum atomic E-state index is -0.774. The van der Waals surface area contributed by atoms with Gasteiger partial charge in [-0.3, -0.25) is 9.69 Å². The van der Waals surface area contributed by atoms with E-state index in [2.05, 4.69) is 18.7 Å². The quantitative estimate of drug-likeness (QED) is 0.752. The first kappa shape index (κ1) is 12.5. The third-order valence-electron chi connectivity index (χ3n) is 3.29. The molecule has 0 aromatic carbocycles. The molecule has 0 aromatic rings. The summed E-state index contributed by atoms with van der Waals surface area (Å²) in [6, 6.07) is 0.264. The molecule has 1 N–H and O–H groups in total. The molecule has 0 radical (unpaired) electrons. The van der Waals surface area contributed by atoms with Crippen LogP contribution in [-0.4, -0.2) is 47.8 Å². The van der Waals surface area contributed by atoms with E-state index in [-0.39, 0.29) is 6.61 Å². The summed E-state index contributed by atoms with van der Waals surface area (Å²) >= 11 is 0. The van der Waals surface area contributed by atoms with Crippen LogP contribution >= 0.6 is 0 Å². The van der Waals surface area contributed by atoms with Crippen LogP contribution in [0, 0.1) is 0 Å². The number of carbonyl (C=O) groups is 1. The SMILES string of the molecule is CCC1CCC(C)N1C(COC)C(=O)O. The smallest absolute Gasteiger partial charge is 0.323 e. The average Bonchev–Trinajstić information content (AvgIpc) is 2.55. The molecule has 88 valence electrons. The van der Waals surface area contributed by atoms with Gasteiger partial charge in [-0.25, -0.2) is 0 Å². The first-order valence-corrected chi connectivity index (χ1v) is 5.61. The molecule has 1 aliphatic heterocycles. The number of hydrogen-bond acceptors (Lipinski definition) is 3. The summed E-state index contributed by atoms with van der Waals surface area (Å²) in [5, 5.41) is 9.17. The Hall–Kier alpha value is -0.610. The van der Waals surface area contributed by atoms with Gasteiger partial charge in [0, 0.05) is 19.2 Å². The first-order valence-electron chi connectivity index (χ1n) is 5.61. The van der Waals surface area contributed by atoms with Crippen molar-refractivity contribution < 1.29 is 14.6 Å². The molecule has 15 heavy (non-hydrogen) atoms. The normalized spacial score (nSPS) is 29.3. The third-order valence-corrected chi connectivity index (χ3v) is 3.29. The highest BCUT2D eigenvalue weighted by atomic mass is 16.5. The maximum Gasteiger partial charge on any atom is 0.323 e. The molecule has 0 amide bonds. The lowest BCUT2D eigenvalue weighted by Crippen LogP contribution is -2.49. The zero-order valence-corrected chi connectivity index (χ0v) is 9.77. The molecule has 0 saturated carbocycles. The fourth-order valence-electron chi connectivity index (χ4n) is 2.51. The highest BCUT2D eigenvalue weighted by Gasteiger charge is 2.38. The van der Waals surface area contributed by atoms with Gasteiger partial charge in [0.05, 0.1) is 6.61 Å². The molecule has 0 bridgehead atoms. The number of hydrogen-bond donors (Lipinski definition) is 1. The van der Waals surface area contributed by atoms with Crippen LogP contribution in [0.3, 0.4) is 0 Å². The molecule has 3 atom stereocenters. The molecule has 0 spiro atoms. The Bertz CT molecular complexity index is 220. The number of carboxylic acid groups (broad SMARTS) is 1. The van der Waals surface area contributed by atoms with Crippen LogP contribution in [0.4, 0.5) is 0 Å². The largest absolute Gasteiger partial charge is 0.480 e. The van der Waals surface area contributed by atoms with Gasteiger partial charge in [-0.05, 0) is 26.2 Å². The highest BCUT2D eigenvalue weighted by molar-refractivity contribution is 5.73. The Morgan fingerprint density at radius 2 is 2.27 bits per heavy atom. The van der Waals surface area contributed by atoms with Crippen molar-refractivity contribution in [1.82, 2.24) is 4.90 Å². The lowest BCUT2D eigenvalue weighted by Gasteiger charge is -2.32. The van der Waals surface area contributed by atoms with Crippen LogP contribution in [0.25, 0.3) is 0 Å². The second-order valence-corrected chi connectivity index (χ2v) is 4.25. The van der Waals surface area contributed by atoms with E-state index in [4.69, 9.17) is 4.74 Å². The summed E-state index contributed by atoms with van der Waals surface area (Å²) in [6.07, 6.45) is 3.20. The topological polar surface area (TPSA) is 49.8 Å². The minimum Gasteiger partial charge on any atom is -0.480 e. The Balaban J connectivity index is 2.75. The molecule has 0 aromatic heterocycles. The van der Waals surface area contributed by atoms with Crippen molar-refractivity contribution in [3.8, 4) is 0 Å². The van der Waals surface area contributed by atoms with Gasteiger partial charge < -0.3 is 9.84 Å². The van der Waals surface area contributed by atoms with Gasteiger partial charge in [0.2, 0.25) is 0 Å². The van der Waals surface area contributed by atoms with Gasteiger partial charge in [0.15, 0.2) is 0 Å². The zero-order valence-electron chi connectivity index (χ0n) is 9.77. The molecule has 0 aliphatic carbocycles. The predicted molar refractivity (Wildman–Crippen MR) is 57.9 cm³/mol. The minimum absolute atomic E-state index is 0.274. The number of carboxylic acids is 1.